The minimum absolute atomic E-state index is 0.00377. The molecule has 0 radical (unpaired) electrons. The molecule has 2 heterocycles. The lowest BCUT2D eigenvalue weighted by Crippen LogP contribution is -2.33. The second-order valence-electron chi connectivity index (χ2n) is 6.52. The van der Waals surface area contributed by atoms with E-state index in [1.165, 1.54) is 11.8 Å². The molecule has 28 heavy (non-hydrogen) atoms. The van der Waals surface area contributed by atoms with Gasteiger partial charge in [0.1, 0.15) is 5.52 Å². The molecule has 4 rings (SSSR count). The maximum Gasteiger partial charge on any atom is 0.240 e. The van der Waals surface area contributed by atoms with E-state index in [4.69, 9.17) is 4.98 Å². The Balaban J connectivity index is 1.63. The molecule has 0 unspecified atom stereocenters. The predicted molar refractivity (Wildman–Crippen MR) is 114 cm³/mol. The number of hydrogen-bond donors (Lipinski definition) is 0. The second-order valence-corrected chi connectivity index (χ2v) is 7.83. The number of aromatic nitrogens is 4. The number of para-hydroxylation sites is 2. The highest BCUT2D eigenvalue weighted by Gasteiger charge is 2.22. The highest BCUT2D eigenvalue weighted by atomic mass is 32.2. The number of hydrogen-bond acceptors (Lipinski definition) is 5. The Morgan fingerprint density at radius 3 is 2.57 bits per heavy atom. The van der Waals surface area contributed by atoms with Gasteiger partial charge in [-0.05, 0) is 32.0 Å². The summed E-state index contributed by atoms with van der Waals surface area (Å²) in [6.45, 7) is 4.75. The highest BCUT2D eigenvalue weighted by molar-refractivity contribution is 8.00. The summed E-state index contributed by atoms with van der Waals surface area (Å²) < 4.78 is 2.13. The molecule has 0 saturated carbocycles. The average molecular weight is 392 g/mol. The number of thioether (sulfide) groups is 1. The first-order valence-corrected chi connectivity index (χ1v) is 10.1. The van der Waals surface area contributed by atoms with Crippen LogP contribution in [0.3, 0.4) is 0 Å². The molecule has 2 aromatic heterocycles. The molecular formula is C21H21N5OS. The summed E-state index contributed by atoms with van der Waals surface area (Å²) in [6.07, 6.45) is 0. The normalized spacial score (nSPS) is 12.4. The Kier molecular flexibility index (Phi) is 5.00. The van der Waals surface area contributed by atoms with Crippen molar-refractivity contribution in [1.82, 2.24) is 19.7 Å². The third kappa shape index (κ3) is 3.22. The van der Waals surface area contributed by atoms with Gasteiger partial charge in [0.25, 0.3) is 0 Å². The summed E-state index contributed by atoms with van der Waals surface area (Å²) >= 11 is 1.33. The molecular weight excluding hydrogens is 370 g/mol. The van der Waals surface area contributed by atoms with Gasteiger partial charge in [-0.2, -0.15) is 0 Å². The third-order valence-corrected chi connectivity index (χ3v) is 5.71. The summed E-state index contributed by atoms with van der Waals surface area (Å²) in [4.78, 5) is 19.2. The van der Waals surface area contributed by atoms with Crippen LogP contribution in [-0.4, -0.2) is 38.0 Å². The van der Waals surface area contributed by atoms with Gasteiger partial charge in [0.05, 0.1) is 10.8 Å². The molecule has 142 valence electrons. The first kappa shape index (κ1) is 18.4. The molecule has 2 aromatic carbocycles. The van der Waals surface area contributed by atoms with Gasteiger partial charge in [0.2, 0.25) is 11.1 Å². The number of anilines is 1. The number of fused-ring (bicyclic) bond motifs is 3. The van der Waals surface area contributed by atoms with E-state index >= 15 is 0 Å². The molecule has 0 aliphatic rings. The van der Waals surface area contributed by atoms with Crippen LogP contribution in [0.5, 0.6) is 0 Å². The van der Waals surface area contributed by atoms with E-state index < -0.39 is 0 Å². The Labute approximate surface area is 167 Å². The average Bonchev–Trinajstić information content (AvgIpc) is 3.06. The fourth-order valence-corrected chi connectivity index (χ4v) is 4.12. The van der Waals surface area contributed by atoms with Gasteiger partial charge in [0.15, 0.2) is 5.65 Å². The number of aryl methyl sites for hydroxylation is 1. The van der Waals surface area contributed by atoms with Crippen LogP contribution in [0, 0.1) is 0 Å². The first-order chi connectivity index (χ1) is 13.6. The second kappa shape index (κ2) is 7.59. The molecule has 0 bridgehead atoms. The van der Waals surface area contributed by atoms with Gasteiger partial charge in [-0.25, -0.2) is 4.98 Å². The Morgan fingerprint density at radius 1 is 1.11 bits per heavy atom. The van der Waals surface area contributed by atoms with Gasteiger partial charge in [0, 0.05) is 24.7 Å². The van der Waals surface area contributed by atoms with Crippen LogP contribution in [0.15, 0.2) is 59.8 Å². The van der Waals surface area contributed by atoms with Crippen molar-refractivity contribution >= 4 is 45.4 Å². The van der Waals surface area contributed by atoms with Crippen LogP contribution < -0.4 is 4.90 Å². The van der Waals surface area contributed by atoms with Crippen molar-refractivity contribution in [1.29, 1.82) is 0 Å². The Hall–Kier alpha value is -2.93. The lowest BCUT2D eigenvalue weighted by Gasteiger charge is -2.20. The van der Waals surface area contributed by atoms with Gasteiger partial charge in [-0.15, -0.1) is 10.2 Å². The van der Waals surface area contributed by atoms with E-state index in [9.17, 15) is 4.79 Å². The number of carbonyl (C=O) groups is 1. The summed E-state index contributed by atoms with van der Waals surface area (Å²) in [5.74, 6) is -0.00377. The van der Waals surface area contributed by atoms with Crippen LogP contribution in [-0.2, 0) is 11.3 Å². The van der Waals surface area contributed by atoms with Crippen LogP contribution in [0.25, 0.3) is 22.1 Å². The lowest BCUT2D eigenvalue weighted by atomic mass is 10.2. The zero-order chi connectivity index (χ0) is 19.7. The van der Waals surface area contributed by atoms with E-state index in [2.05, 4.69) is 27.8 Å². The van der Waals surface area contributed by atoms with Crippen molar-refractivity contribution in [3.8, 4) is 0 Å². The number of benzene rings is 2. The van der Waals surface area contributed by atoms with Crippen LogP contribution in [0.1, 0.15) is 13.8 Å². The minimum atomic E-state index is -0.330. The fourth-order valence-electron chi connectivity index (χ4n) is 3.32. The Morgan fingerprint density at radius 2 is 1.82 bits per heavy atom. The maximum atomic E-state index is 12.8. The topological polar surface area (TPSA) is 63.9 Å². The molecule has 0 fully saturated rings. The van der Waals surface area contributed by atoms with Crippen molar-refractivity contribution in [2.75, 3.05) is 11.9 Å². The van der Waals surface area contributed by atoms with Crippen molar-refractivity contribution in [3.05, 3.63) is 54.6 Å². The number of rotatable bonds is 5. The molecule has 0 saturated heterocycles. The maximum absolute atomic E-state index is 12.8. The first-order valence-electron chi connectivity index (χ1n) is 9.21. The summed E-state index contributed by atoms with van der Waals surface area (Å²) in [5.41, 5.74) is 3.55. The van der Waals surface area contributed by atoms with Gasteiger partial charge in [-0.1, -0.05) is 48.2 Å². The monoisotopic (exact) mass is 391 g/mol. The van der Waals surface area contributed by atoms with Crippen molar-refractivity contribution in [2.24, 2.45) is 0 Å². The molecule has 0 aliphatic heterocycles. The molecule has 1 amide bonds. The summed E-state index contributed by atoms with van der Waals surface area (Å²) in [5, 5.41) is 9.91. The molecule has 6 nitrogen and oxygen atoms in total. The molecule has 4 aromatic rings. The van der Waals surface area contributed by atoms with E-state index in [-0.39, 0.29) is 11.2 Å². The van der Waals surface area contributed by atoms with Crippen molar-refractivity contribution in [2.45, 2.75) is 30.8 Å². The highest BCUT2D eigenvalue weighted by Crippen LogP contribution is 2.28. The standard InChI is InChI=1S/C21H21N5OS/c1-4-26-17-13-9-8-12-16(17)18-19(26)22-21(24-23-18)28-14(2)20(27)25(3)15-10-6-5-7-11-15/h5-14H,4H2,1-3H3/t14-/m1/s1. The Bertz CT molecular complexity index is 1140. The molecule has 0 spiro atoms. The molecule has 7 heteroatoms. The summed E-state index contributed by atoms with van der Waals surface area (Å²) in [7, 11) is 1.78. The largest absolute Gasteiger partial charge is 0.324 e. The number of carbonyl (C=O) groups excluding carboxylic acids is 1. The zero-order valence-corrected chi connectivity index (χ0v) is 16.8. The van der Waals surface area contributed by atoms with Gasteiger partial charge in [-0.3, -0.25) is 4.79 Å². The van der Waals surface area contributed by atoms with Crippen LogP contribution >= 0.6 is 11.8 Å². The van der Waals surface area contributed by atoms with E-state index in [0.29, 0.717) is 5.16 Å². The van der Waals surface area contributed by atoms with Crippen LogP contribution in [0.2, 0.25) is 0 Å². The lowest BCUT2D eigenvalue weighted by molar-refractivity contribution is -0.117. The smallest absolute Gasteiger partial charge is 0.240 e. The van der Waals surface area contributed by atoms with Gasteiger partial charge >= 0.3 is 0 Å². The third-order valence-electron chi connectivity index (χ3n) is 4.77. The van der Waals surface area contributed by atoms with Gasteiger partial charge < -0.3 is 9.47 Å². The quantitative estimate of drug-likeness (QED) is 0.478. The van der Waals surface area contributed by atoms with E-state index in [0.717, 1.165) is 34.3 Å². The van der Waals surface area contributed by atoms with Crippen molar-refractivity contribution < 1.29 is 4.79 Å². The summed E-state index contributed by atoms with van der Waals surface area (Å²) in [6, 6.07) is 17.7. The number of nitrogens with zero attached hydrogens (tertiary/aromatic N) is 5. The predicted octanol–water partition coefficient (Wildman–Crippen LogP) is 4.14. The molecule has 0 N–H and O–H groups in total. The van der Waals surface area contributed by atoms with E-state index in [1.54, 1.807) is 11.9 Å². The SMILES string of the molecule is CCn1c2ccccc2c2nnc(S[C@H](C)C(=O)N(C)c3ccccc3)nc21. The zero-order valence-electron chi connectivity index (χ0n) is 16.0. The minimum Gasteiger partial charge on any atom is -0.324 e. The van der Waals surface area contributed by atoms with Crippen LogP contribution in [0.4, 0.5) is 5.69 Å². The van der Waals surface area contributed by atoms with E-state index in [1.807, 2.05) is 55.5 Å². The molecule has 0 aliphatic carbocycles. The van der Waals surface area contributed by atoms with Crippen molar-refractivity contribution in [3.63, 3.8) is 0 Å². The molecule has 1 atom stereocenters. The fraction of sp³-hybridized carbons (Fsp3) is 0.238. The number of amides is 1.